The molecule has 0 radical (unpaired) electrons. The van der Waals surface area contributed by atoms with Crippen molar-refractivity contribution in [1.29, 1.82) is 0 Å². The molecule has 1 atom stereocenters. The zero-order valence-corrected chi connectivity index (χ0v) is 12.1. The lowest BCUT2D eigenvalue weighted by Gasteiger charge is -2.31. The number of carbonyl (C=O) groups excluding carboxylic acids is 1. The Morgan fingerprint density at radius 2 is 1.81 bits per heavy atom. The highest BCUT2D eigenvalue weighted by Gasteiger charge is 2.24. The van der Waals surface area contributed by atoms with E-state index in [0.29, 0.717) is 6.04 Å². The van der Waals surface area contributed by atoms with Gasteiger partial charge >= 0.3 is 0 Å². The first-order valence-electron chi connectivity index (χ1n) is 6.50. The maximum absolute atomic E-state index is 11.4. The zero-order valence-electron chi connectivity index (χ0n) is 12.1. The minimum atomic E-state index is 0.200. The first-order chi connectivity index (χ1) is 7.58. The predicted octanol–water partition coefficient (Wildman–Crippen LogP) is 4.02. The molecule has 1 aliphatic rings. The standard InChI is InChI=1S/C9H15NO.C3H8.C2H6/c1-4-8-6-5-7(2)10(3)9(8)11;1-3-2;1-2/h4,7H,5-6H2,1-3H3;3H2,1-2H3;1-2H3/b8-4+;;. The Morgan fingerprint density at radius 1 is 1.38 bits per heavy atom. The van der Waals surface area contributed by atoms with Crippen LogP contribution in [0.3, 0.4) is 0 Å². The molecule has 1 fully saturated rings. The SMILES string of the molecule is C/C=C1\CCC(C)N(C)C1=O.CC.CCC. The zero-order chi connectivity index (χ0) is 13.1. The van der Waals surface area contributed by atoms with Gasteiger partial charge < -0.3 is 4.90 Å². The van der Waals surface area contributed by atoms with Gasteiger partial charge in [0.25, 0.3) is 0 Å². The van der Waals surface area contributed by atoms with E-state index in [2.05, 4.69) is 20.8 Å². The molecule has 1 unspecified atom stereocenters. The van der Waals surface area contributed by atoms with Gasteiger partial charge in [0.15, 0.2) is 0 Å². The van der Waals surface area contributed by atoms with Crippen molar-refractivity contribution in [3.05, 3.63) is 11.6 Å². The molecule has 0 aromatic carbocycles. The maximum atomic E-state index is 11.4. The molecule has 0 aromatic rings. The van der Waals surface area contributed by atoms with Gasteiger partial charge in [0.2, 0.25) is 5.91 Å². The molecule has 0 spiro atoms. The van der Waals surface area contributed by atoms with Crippen LogP contribution >= 0.6 is 0 Å². The number of rotatable bonds is 0. The summed E-state index contributed by atoms with van der Waals surface area (Å²) in [5.41, 5.74) is 0.964. The highest BCUT2D eigenvalue weighted by molar-refractivity contribution is 5.94. The molecule has 0 aromatic heterocycles. The first kappa shape index (κ1) is 17.6. The number of amides is 1. The molecular weight excluding hydrogens is 198 g/mol. The number of hydrogen-bond acceptors (Lipinski definition) is 1. The molecule has 1 rings (SSSR count). The van der Waals surface area contributed by atoms with Crippen LogP contribution in [-0.2, 0) is 4.79 Å². The number of hydrogen-bond donors (Lipinski definition) is 0. The van der Waals surface area contributed by atoms with E-state index in [0.717, 1.165) is 18.4 Å². The first-order valence-corrected chi connectivity index (χ1v) is 6.50. The van der Waals surface area contributed by atoms with Gasteiger partial charge in [-0.15, -0.1) is 0 Å². The molecule has 96 valence electrons. The van der Waals surface area contributed by atoms with E-state index in [9.17, 15) is 4.79 Å². The van der Waals surface area contributed by atoms with Crippen LogP contribution in [0.2, 0.25) is 0 Å². The number of likely N-dealkylation sites (tertiary alicyclic amines) is 1. The van der Waals surface area contributed by atoms with Crippen LogP contribution in [0.25, 0.3) is 0 Å². The molecule has 2 nitrogen and oxygen atoms in total. The quantitative estimate of drug-likeness (QED) is 0.572. The van der Waals surface area contributed by atoms with Gasteiger partial charge in [-0.3, -0.25) is 4.79 Å². The summed E-state index contributed by atoms with van der Waals surface area (Å²) in [6.07, 6.45) is 5.22. The Labute approximate surface area is 102 Å². The monoisotopic (exact) mass is 227 g/mol. The minimum absolute atomic E-state index is 0.200. The van der Waals surface area contributed by atoms with Gasteiger partial charge in [0.1, 0.15) is 0 Å². The Kier molecular flexibility index (Phi) is 11.8. The van der Waals surface area contributed by atoms with Crippen molar-refractivity contribution >= 4 is 5.91 Å². The third-order valence-corrected chi connectivity index (χ3v) is 2.44. The summed E-state index contributed by atoms with van der Waals surface area (Å²) in [4.78, 5) is 13.2. The Bertz CT molecular complexity index is 209. The molecular formula is C14H29NO. The average Bonchev–Trinajstić information content (AvgIpc) is 2.30. The van der Waals surface area contributed by atoms with Crippen molar-refractivity contribution in [2.75, 3.05) is 7.05 Å². The average molecular weight is 227 g/mol. The van der Waals surface area contributed by atoms with Crippen molar-refractivity contribution < 1.29 is 4.79 Å². The van der Waals surface area contributed by atoms with E-state index in [1.165, 1.54) is 6.42 Å². The summed E-state index contributed by atoms with van der Waals surface area (Å²) < 4.78 is 0. The van der Waals surface area contributed by atoms with Gasteiger partial charge in [-0.2, -0.15) is 0 Å². The second-order valence-electron chi connectivity index (χ2n) is 3.82. The highest BCUT2D eigenvalue weighted by atomic mass is 16.2. The topological polar surface area (TPSA) is 20.3 Å². The second-order valence-corrected chi connectivity index (χ2v) is 3.82. The summed E-state index contributed by atoms with van der Waals surface area (Å²) >= 11 is 0. The fraction of sp³-hybridized carbons (Fsp3) is 0.786. The molecule has 1 heterocycles. The summed E-state index contributed by atoms with van der Waals surface area (Å²) in [6, 6.07) is 0.409. The number of allylic oxidation sites excluding steroid dienone is 1. The molecule has 0 bridgehead atoms. The molecule has 1 saturated heterocycles. The third kappa shape index (κ3) is 5.94. The van der Waals surface area contributed by atoms with Gasteiger partial charge in [-0.1, -0.05) is 40.2 Å². The van der Waals surface area contributed by atoms with Crippen molar-refractivity contribution in [2.45, 2.75) is 66.8 Å². The fourth-order valence-electron chi connectivity index (χ4n) is 1.36. The lowest BCUT2D eigenvalue weighted by molar-refractivity contribution is -0.129. The van der Waals surface area contributed by atoms with Gasteiger partial charge in [-0.25, -0.2) is 0 Å². The maximum Gasteiger partial charge on any atom is 0.249 e. The van der Waals surface area contributed by atoms with Crippen LogP contribution < -0.4 is 0 Å². The van der Waals surface area contributed by atoms with Gasteiger partial charge in [-0.05, 0) is 26.7 Å². The molecule has 0 N–H and O–H groups in total. The van der Waals surface area contributed by atoms with Crippen molar-refractivity contribution in [3.63, 3.8) is 0 Å². The van der Waals surface area contributed by atoms with Crippen molar-refractivity contribution in [2.24, 2.45) is 0 Å². The molecule has 1 aliphatic heterocycles. The summed E-state index contributed by atoms with van der Waals surface area (Å²) in [7, 11) is 1.87. The normalized spacial score (nSPS) is 21.9. The molecule has 0 aliphatic carbocycles. The van der Waals surface area contributed by atoms with E-state index >= 15 is 0 Å². The third-order valence-electron chi connectivity index (χ3n) is 2.44. The number of carbonyl (C=O) groups is 1. The smallest absolute Gasteiger partial charge is 0.249 e. The summed E-state index contributed by atoms with van der Waals surface area (Å²) in [5.74, 6) is 0.200. The number of nitrogens with zero attached hydrogens (tertiary/aromatic N) is 1. The number of piperidine rings is 1. The van der Waals surface area contributed by atoms with E-state index < -0.39 is 0 Å². The van der Waals surface area contributed by atoms with Crippen LogP contribution in [0, 0.1) is 0 Å². The van der Waals surface area contributed by atoms with Crippen LogP contribution in [-0.4, -0.2) is 23.9 Å². The van der Waals surface area contributed by atoms with E-state index in [1.54, 1.807) is 0 Å². The van der Waals surface area contributed by atoms with Crippen LogP contribution in [0.15, 0.2) is 11.6 Å². The van der Waals surface area contributed by atoms with Gasteiger partial charge in [0, 0.05) is 18.7 Å². The fourth-order valence-corrected chi connectivity index (χ4v) is 1.36. The van der Waals surface area contributed by atoms with E-state index in [-0.39, 0.29) is 5.91 Å². The highest BCUT2D eigenvalue weighted by Crippen LogP contribution is 2.20. The molecule has 0 saturated carbocycles. The minimum Gasteiger partial charge on any atom is -0.339 e. The van der Waals surface area contributed by atoms with Crippen LogP contribution in [0.4, 0.5) is 0 Å². The van der Waals surface area contributed by atoms with Crippen LogP contribution in [0.5, 0.6) is 0 Å². The van der Waals surface area contributed by atoms with Crippen molar-refractivity contribution in [1.82, 2.24) is 4.90 Å². The van der Waals surface area contributed by atoms with Crippen molar-refractivity contribution in [3.8, 4) is 0 Å². The molecule has 16 heavy (non-hydrogen) atoms. The van der Waals surface area contributed by atoms with E-state index in [1.807, 2.05) is 38.8 Å². The Morgan fingerprint density at radius 3 is 2.19 bits per heavy atom. The second kappa shape index (κ2) is 10.7. The van der Waals surface area contributed by atoms with Crippen LogP contribution in [0.1, 0.15) is 60.8 Å². The Balaban J connectivity index is 0. The predicted molar refractivity (Wildman–Crippen MR) is 72.5 cm³/mol. The lowest BCUT2D eigenvalue weighted by atomic mass is 9.99. The molecule has 1 amide bonds. The van der Waals surface area contributed by atoms with E-state index in [4.69, 9.17) is 0 Å². The number of likely N-dealkylation sites (N-methyl/N-ethyl adjacent to an activating group) is 1. The molecule has 2 heteroatoms. The summed E-state index contributed by atoms with van der Waals surface area (Å²) in [6.45, 7) is 12.3. The largest absolute Gasteiger partial charge is 0.339 e. The lowest BCUT2D eigenvalue weighted by Crippen LogP contribution is -2.39. The van der Waals surface area contributed by atoms with Gasteiger partial charge in [0.05, 0.1) is 0 Å². The Hall–Kier alpha value is -0.790. The summed E-state index contributed by atoms with van der Waals surface area (Å²) in [5, 5.41) is 0.